The molecular formula is C13H24N2. The van der Waals surface area contributed by atoms with Gasteiger partial charge in [-0.3, -0.25) is 4.90 Å². The first kappa shape index (κ1) is 12.3. The molecule has 2 heteroatoms. The summed E-state index contributed by atoms with van der Waals surface area (Å²) in [7, 11) is 2.19. The fourth-order valence-electron chi connectivity index (χ4n) is 1.76. The number of unbranched alkanes of at least 4 members (excludes halogenated alkanes) is 1. The maximum atomic E-state index is 2.49. The van der Waals surface area contributed by atoms with Gasteiger partial charge in [0.25, 0.3) is 0 Å². The van der Waals surface area contributed by atoms with E-state index >= 15 is 0 Å². The standard InChI is InChI=1S/C13H24N2/c1-4-6-7-8-9-13-12-15(5-2)11-10-14(13)3/h7-9H,4-6,10-12H2,1-3H3/b8-7+,13-9-. The van der Waals surface area contributed by atoms with Crippen molar-refractivity contribution >= 4 is 0 Å². The van der Waals surface area contributed by atoms with Crippen LogP contribution in [0.2, 0.25) is 0 Å². The van der Waals surface area contributed by atoms with E-state index in [1.807, 2.05) is 0 Å². The third kappa shape index (κ3) is 4.08. The van der Waals surface area contributed by atoms with Crippen molar-refractivity contribution in [2.45, 2.75) is 26.7 Å². The van der Waals surface area contributed by atoms with E-state index < -0.39 is 0 Å². The number of hydrogen-bond acceptors (Lipinski definition) is 2. The summed E-state index contributed by atoms with van der Waals surface area (Å²) in [5.41, 5.74) is 1.44. The zero-order valence-electron chi connectivity index (χ0n) is 10.4. The molecule has 0 radical (unpaired) electrons. The van der Waals surface area contributed by atoms with Crippen molar-refractivity contribution in [1.29, 1.82) is 0 Å². The van der Waals surface area contributed by atoms with Gasteiger partial charge in [0.15, 0.2) is 0 Å². The van der Waals surface area contributed by atoms with Crippen molar-refractivity contribution < 1.29 is 0 Å². The number of nitrogens with zero attached hydrogens (tertiary/aromatic N) is 2. The van der Waals surface area contributed by atoms with E-state index in [2.05, 4.69) is 48.9 Å². The van der Waals surface area contributed by atoms with E-state index in [0.717, 1.165) is 19.6 Å². The molecule has 1 aliphatic heterocycles. The predicted octanol–water partition coefficient (Wildman–Crippen LogP) is 2.49. The van der Waals surface area contributed by atoms with Gasteiger partial charge in [-0.05, 0) is 19.0 Å². The van der Waals surface area contributed by atoms with Crippen molar-refractivity contribution in [3.8, 4) is 0 Å². The van der Waals surface area contributed by atoms with Crippen molar-refractivity contribution in [3.63, 3.8) is 0 Å². The Hall–Kier alpha value is -0.760. The molecule has 0 N–H and O–H groups in total. The summed E-state index contributed by atoms with van der Waals surface area (Å²) in [5.74, 6) is 0. The fourth-order valence-corrected chi connectivity index (χ4v) is 1.76. The molecule has 0 aromatic rings. The van der Waals surface area contributed by atoms with Gasteiger partial charge in [-0.1, -0.05) is 32.4 Å². The van der Waals surface area contributed by atoms with Crippen LogP contribution >= 0.6 is 0 Å². The fraction of sp³-hybridized carbons (Fsp3) is 0.692. The van der Waals surface area contributed by atoms with Crippen LogP contribution in [0.15, 0.2) is 23.9 Å². The van der Waals surface area contributed by atoms with Crippen LogP contribution in [-0.4, -0.2) is 43.0 Å². The van der Waals surface area contributed by atoms with Crippen molar-refractivity contribution in [1.82, 2.24) is 9.80 Å². The van der Waals surface area contributed by atoms with Gasteiger partial charge in [-0.15, -0.1) is 0 Å². The normalized spacial score (nSPS) is 21.8. The molecular weight excluding hydrogens is 184 g/mol. The highest BCUT2D eigenvalue weighted by Gasteiger charge is 2.15. The van der Waals surface area contributed by atoms with Crippen LogP contribution in [0.4, 0.5) is 0 Å². The van der Waals surface area contributed by atoms with E-state index in [-0.39, 0.29) is 0 Å². The van der Waals surface area contributed by atoms with Gasteiger partial charge in [0.05, 0.1) is 0 Å². The summed E-state index contributed by atoms with van der Waals surface area (Å²) in [6.07, 6.45) is 9.14. The second kappa shape index (κ2) is 6.67. The van der Waals surface area contributed by atoms with Gasteiger partial charge in [0, 0.05) is 32.4 Å². The summed E-state index contributed by atoms with van der Waals surface area (Å²) in [5, 5.41) is 0. The van der Waals surface area contributed by atoms with E-state index in [1.165, 1.54) is 25.1 Å². The molecule has 0 spiro atoms. The molecule has 2 nitrogen and oxygen atoms in total. The maximum Gasteiger partial charge on any atom is 0.0384 e. The SMILES string of the molecule is CCC/C=C/C=C1/CN(CC)CCN1C. The molecule has 0 atom stereocenters. The molecule has 1 rings (SSSR count). The van der Waals surface area contributed by atoms with E-state index in [9.17, 15) is 0 Å². The topological polar surface area (TPSA) is 6.48 Å². The third-order valence-electron chi connectivity index (χ3n) is 2.95. The van der Waals surface area contributed by atoms with Crippen LogP contribution in [0.5, 0.6) is 0 Å². The molecule has 0 aromatic carbocycles. The Morgan fingerprint density at radius 2 is 2.07 bits per heavy atom. The average Bonchev–Trinajstić information content (AvgIpc) is 2.26. The average molecular weight is 208 g/mol. The molecule has 0 aliphatic carbocycles. The lowest BCUT2D eigenvalue weighted by molar-refractivity contribution is 0.204. The molecule has 86 valence electrons. The number of allylic oxidation sites excluding steroid dienone is 3. The summed E-state index contributed by atoms with van der Waals surface area (Å²) < 4.78 is 0. The Balaban J connectivity index is 2.49. The van der Waals surface area contributed by atoms with Crippen LogP contribution in [-0.2, 0) is 0 Å². The summed E-state index contributed by atoms with van der Waals surface area (Å²) in [4.78, 5) is 4.85. The molecule has 0 unspecified atom stereocenters. The third-order valence-corrected chi connectivity index (χ3v) is 2.95. The Bertz CT molecular complexity index is 231. The Morgan fingerprint density at radius 3 is 2.73 bits per heavy atom. The van der Waals surface area contributed by atoms with Gasteiger partial charge >= 0.3 is 0 Å². The summed E-state index contributed by atoms with van der Waals surface area (Å²) >= 11 is 0. The zero-order chi connectivity index (χ0) is 11.1. The lowest BCUT2D eigenvalue weighted by atomic mass is 10.2. The van der Waals surface area contributed by atoms with Crippen LogP contribution in [0.3, 0.4) is 0 Å². The summed E-state index contributed by atoms with van der Waals surface area (Å²) in [6, 6.07) is 0. The minimum Gasteiger partial charge on any atom is -0.376 e. The summed E-state index contributed by atoms with van der Waals surface area (Å²) in [6.45, 7) is 9.05. The predicted molar refractivity (Wildman–Crippen MR) is 66.9 cm³/mol. The Labute approximate surface area is 94.3 Å². The van der Waals surface area contributed by atoms with Gasteiger partial charge in [0.2, 0.25) is 0 Å². The largest absolute Gasteiger partial charge is 0.376 e. The smallest absolute Gasteiger partial charge is 0.0384 e. The highest BCUT2D eigenvalue weighted by atomic mass is 15.3. The van der Waals surface area contributed by atoms with Crippen LogP contribution in [0.25, 0.3) is 0 Å². The first-order valence-electron chi connectivity index (χ1n) is 6.07. The van der Waals surface area contributed by atoms with Crippen molar-refractivity contribution in [2.75, 3.05) is 33.2 Å². The lowest BCUT2D eigenvalue weighted by Crippen LogP contribution is -2.42. The van der Waals surface area contributed by atoms with Gasteiger partial charge in [-0.2, -0.15) is 0 Å². The quantitative estimate of drug-likeness (QED) is 0.700. The Morgan fingerprint density at radius 1 is 1.27 bits per heavy atom. The second-order valence-corrected chi connectivity index (χ2v) is 4.17. The number of likely N-dealkylation sites (N-methyl/N-ethyl adjacent to an activating group) is 2. The highest BCUT2D eigenvalue weighted by molar-refractivity contribution is 5.14. The molecule has 0 amide bonds. The molecule has 0 saturated carbocycles. The molecule has 1 fully saturated rings. The zero-order valence-corrected chi connectivity index (χ0v) is 10.4. The van der Waals surface area contributed by atoms with Crippen LogP contribution < -0.4 is 0 Å². The van der Waals surface area contributed by atoms with Crippen molar-refractivity contribution in [3.05, 3.63) is 23.9 Å². The second-order valence-electron chi connectivity index (χ2n) is 4.17. The monoisotopic (exact) mass is 208 g/mol. The number of rotatable bonds is 4. The maximum absolute atomic E-state index is 2.49. The minimum absolute atomic E-state index is 1.10. The molecule has 1 aliphatic rings. The minimum atomic E-state index is 1.10. The van der Waals surface area contributed by atoms with E-state index in [0.29, 0.717) is 0 Å². The number of piperazine rings is 1. The van der Waals surface area contributed by atoms with E-state index in [4.69, 9.17) is 0 Å². The highest BCUT2D eigenvalue weighted by Crippen LogP contribution is 2.10. The van der Waals surface area contributed by atoms with Crippen LogP contribution in [0, 0.1) is 0 Å². The first-order chi connectivity index (χ1) is 7.27. The molecule has 0 aromatic heterocycles. The van der Waals surface area contributed by atoms with Gasteiger partial charge < -0.3 is 4.90 Å². The molecule has 15 heavy (non-hydrogen) atoms. The molecule has 0 bridgehead atoms. The molecule has 1 heterocycles. The number of hydrogen-bond donors (Lipinski definition) is 0. The molecule has 1 saturated heterocycles. The van der Waals surface area contributed by atoms with Gasteiger partial charge in [-0.25, -0.2) is 0 Å². The van der Waals surface area contributed by atoms with E-state index in [1.54, 1.807) is 0 Å². The first-order valence-corrected chi connectivity index (χ1v) is 6.07. The van der Waals surface area contributed by atoms with Gasteiger partial charge in [0.1, 0.15) is 0 Å². The van der Waals surface area contributed by atoms with Crippen molar-refractivity contribution in [2.24, 2.45) is 0 Å². The lowest BCUT2D eigenvalue weighted by Gasteiger charge is -2.35. The van der Waals surface area contributed by atoms with Crippen LogP contribution in [0.1, 0.15) is 26.7 Å². The Kier molecular flexibility index (Phi) is 5.48.